The molecule has 1 aromatic carbocycles. The van der Waals surface area contributed by atoms with Crippen molar-refractivity contribution in [3.63, 3.8) is 0 Å². The first-order valence-electron chi connectivity index (χ1n) is 8.57. The van der Waals surface area contributed by atoms with Gasteiger partial charge in [-0.1, -0.05) is 25.1 Å². The Hall–Kier alpha value is -2.49. The predicted octanol–water partition coefficient (Wildman–Crippen LogP) is 0.356. The number of nitrogens with zero attached hydrogens (tertiary/aromatic N) is 3. The number of carbonyl (C=O) groups is 3. The molecule has 0 aliphatic carbocycles. The summed E-state index contributed by atoms with van der Waals surface area (Å²) >= 11 is 0. The van der Waals surface area contributed by atoms with Crippen LogP contribution in [0.1, 0.15) is 19.8 Å². The molecular formula is C18H29N3O6. The van der Waals surface area contributed by atoms with E-state index < -0.39 is 11.9 Å². The minimum absolute atomic E-state index is 0. The van der Waals surface area contributed by atoms with E-state index in [1.54, 1.807) is 0 Å². The molecule has 27 heavy (non-hydrogen) atoms. The fraction of sp³-hybridized carbons (Fsp3) is 0.500. The van der Waals surface area contributed by atoms with E-state index in [0.717, 1.165) is 32.0 Å². The molecule has 0 unspecified atom stereocenters. The van der Waals surface area contributed by atoms with E-state index in [1.807, 2.05) is 42.2 Å². The lowest BCUT2D eigenvalue weighted by atomic mass is 10.2. The number of hydrogen-bond donors (Lipinski definition) is 2. The molecule has 1 aliphatic rings. The fourth-order valence-electron chi connectivity index (χ4n) is 2.67. The standard InChI is InChI=1S/C16H25N3O.C2H2O4.H2O/c1-3-16(20)19(15-8-5-4-6-9-15)13-12-18-11-7-10-17(2)14-18;3-1(4)2(5)6;/h4-6,8-9H,3,7,10-14H2,1-2H3;(H,3,4)(H,5,6);1H2. The minimum Gasteiger partial charge on any atom is -0.473 e. The summed E-state index contributed by atoms with van der Waals surface area (Å²) in [6, 6.07) is 9.98. The molecule has 0 saturated carbocycles. The minimum atomic E-state index is -1.82. The number of carboxylic acid groups (broad SMARTS) is 2. The second-order valence-corrected chi connectivity index (χ2v) is 6.04. The van der Waals surface area contributed by atoms with E-state index in [9.17, 15) is 4.79 Å². The summed E-state index contributed by atoms with van der Waals surface area (Å²) in [5.74, 6) is -3.45. The summed E-state index contributed by atoms with van der Waals surface area (Å²) in [7, 11) is 2.15. The van der Waals surface area contributed by atoms with Crippen LogP contribution in [0.15, 0.2) is 30.3 Å². The number of benzene rings is 1. The van der Waals surface area contributed by atoms with Crippen LogP contribution in [-0.2, 0) is 14.4 Å². The first kappa shape index (κ1) is 24.5. The molecule has 0 bridgehead atoms. The van der Waals surface area contributed by atoms with Crippen LogP contribution in [-0.4, -0.2) is 83.2 Å². The third kappa shape index (κ3) is 9.13. The molecule has 0 spiro atoms. The molecule has 1 heterocycles. The molecule has 2 rings (SSSR count). The summed E-state index contributed by atoms with van der Waals surface area (Å²) < 4.78 is 0. The van der Waals surface area contributed by atoms with Gasteiger partial charge in [-0.25, -0.2) is 9.59 Å². The number of para-hydroxylation sites is 1. The van der Waals surface area contributed by atoms with Gasteiger partial charge in [0.15, 0.2) is 0 Å². The van der Waals surface area contributed by atoms with Crippen LogP contribution < -0.4 is 4.90 Å². The SMILES string of the molecule is CCC(=O)N(CCN1CCCN(C)C1)c1ccccc1.O.O=C(O)C(=O)O. The first-order valence-corrected chi connectivity index (χ1v) is 8.57. The van der Waals surface area contributed by atoms with E-state index in [4.69, 9.17) is 19.8 Å². The van der Waals surface area contributed by atoms with Crippen molar-refractivity contribution in [3.05, 3.63) is 30.3 Å². The molecule has 1 aromatic rings. The smallest absolute Gasteiger partial charge is 0.414 e. The molecule has 1 amide bonds. The Morgan fingerprint density at radius 1 is 1.07 bits per heavy atom. The van der Waals surface area contributed by atoms with Gasteiger partial charge < -0.3 is 20.6 Å². The second kappa shape index (κ2) is 12.8. The van der Waals surface area contributed by atoms with Crippen LogP contribution in [0.25, 0.3) is 0 Å². The van der Waals surface area contributed by atoms with Gasteiger partial charge in [-0.05, 0) is 25.6 Å². The topological polar surface area (TPSA) is 133 Å². The third-order valence-electron chi connectivity index (χ3n) is 3.95. The molecule has 1 aliphatic heterocycles. The molecule has 152 valence electrons. The number of carbonyl (C=O) groups excluding carboxylic acids is 1. The Balaban J connectivity index is 0.000000842. The molecule has 9 nitrogen and oxygen atoms in total. The van der Waals surface area contributed by atoms with E-state index >= 15 is 0 Å². The van der Waals surface area contributed by atoms with Crippen molar-refractivity contribution in [2.24, 2.45) is 0 Å². The number of rotatable bonds is 5. The lowest BCUT2D eigenvalue weighted by molar-refractivity contribution is -0.159. The Labute approximate surface area is 159 Å². The van der Waals surface area contributed by atoms with Crippen molar-refractivity contribution in [1.82, 2.24) is 9.80 Å². The number of amides is 1. The largest absolute Gasteiger partial charge is 0.473 e. The van der Waals surface area contributed by atoms with Crippen LogP contribution in [0, 0.1) is 0 Å². The number of anilines is 1. The zero-order valence-corrected chi connectivity index (χ0v) is 15.8. The van der Waals surface area contributed by atoms with Gasteiger partial charge >= 0.3 is 11.9 Å². The lowest BCUT2D eigenvalue weighted by Crippen LogP contribution is -2.46. The first-order chi connectivity index (χ1) is 12.3. The normalized spacial score (nSPS) is 14.3. The second-order valence-electron chi connectivity index (χ2n) is 6.04. The maximum absolute atomic E-state index is 12.1. The summed E-state index contributed by atoms with van der Waals surface area (Å²) in [6.45, 7) is 6.94. The molecule has 0 atom stereocenters. The zero-order valence-electron chi connectivity index (χ0n) is 15.8. The molecular weight excluding hydrogens is 354 g/mol. The summed E-state index contributed by atoms with van der Waals surface area (Å²) in [5.41, 5.74) is 1.00. The van der Waals surface area contributed by atoms with Gasteiger partial charge in [-0.15, -0.1) is 0 Å². The van der Waals surface area contributed by atoms with Gasteiger partial charge in [-0.2, -0.15) is 0 Å². The van der Waals surface area contributed by atoms with Crippen molar-refractivity contribution in [3.8, 4) is 0 Å². The number of aliphatic carboxylic acids is 2. The Kier molecular flexibility index (Phi) is 11.6. The van der Waals surface area contributed by atoms with Crippen molar-refractivity contribution in [2.75, 3.05) is 44.8 Å². The quantitative estimate of drug-likeness (QED) is 0.701. The fourth-order valence-corrected chi connectivity index (χ4v) is 2.67. The van der Waals surface area contributed by atoms with Crippen molar-refractivity contribution >= 4 is 23.5 Å². The highest BCUT2D eigenvalue weighted by Gasteiger charge is 2.18. The van der Waals surface area contributed by atoms with Gasteiger partial charge in [0.05, 0.1) is 6.67 Å². The predicted molar refractivity (Wildman–Crippen MR) is 102 cm³/mol. The average Bonchev–Trinajstić information content (AvgIpc) is 2.63. The maximum atomic E-state index is 12.1. The van der Waals surface area contributed by atoms with Crippen LogP contribution in [0.2, 0.25) is 0 Å². The molecule has 4 N–H and O–H groups in total. The highest BCUT2D eigenvalue weighted by Crippen LogP contribution is 2.15. The van der Waals surface area contributed by atoms with Crippen LogP contribution in [0.5, 0.6) is 0 Å². The summed E-state index contributed by atoms with van der Waals surface area (Å²) in [6.07, 6.45) is 1.76. The Morgan fingerprint density at radius 3 is 2.15 bits per heavy atom. The van der Waals surface area contributed by atoms with Gasteiger partial charge in [0.25, 0.3) is 0 Å². The van der Waals surface area contributed by atoms with Gasteiger partial charge in [0.1, 0.15) is 0 Å². The van der Waals surface area contributed by atoms with Crippen molar-refractivity contribution in [1.29, 1.82) is 0 Å². The van der Waals surface area contributed by atoms with Crippen LogP contribution in [0.3, 0.4) is 0 Å². The van der Waals surface area contributed by atoms with Gasteiger partial charge in [0.2, 0.25) is 5.91 Å². The molecule has 0 aromatic heterocycles. The van der Waals surface area contributed by atoms with Gasteiger partial charge in [0, 0.05) is 38.3 Å². The summed E-state index contributed by atoms with van der Waals surface area (Å²) in [5, 5.41) is 14.8. The van der Waals surface area contributed by atoms with E-state index in [1.165, 1.54) is 13.0 Å². The van der Waals surface area contributed by atoms with Crippen molar-refractivity contribution < 1.29 is 30.1 Å². The van der Waals surface area contributed by atoms with Crippen LogP contribution >= 0.6 is 0 Å². The molecule has 1 saturated heterocycles. The Morgan fingerprint density at radius 2 is 1.67 bits per heavy atom. The maximum Gasteiger partial charge on any atom is 0.414 e. The van der Waals surface area contributed by atoms with E-state index in [-0.39, 0.29) is 11.4 Å². The highest BCUT2D eigenvalue weighted by molar-refractivity contribution is 6.27. The zero-order chi connectivity index (χ0) is 19.5. The lowest BCUT2D eigenvalue weighted by Gasteiger charge is -2.34. The Bertz CT molecular complexity index is 584. The third-order valence-corrected chi connectivity index (χ3v) is 3.95. The van der Waals surface area contributed by atoms with Gasteiger partial charge in [-0.3, -0.25) is 14.6 Å². The highest BCUT2D eigenvalue weighted by atomic mass is 16.4. The molecule has 0 radical (unpaired) electrons. The number of carboxylic acids is 2. The summed E-state index contributed by atoms with van der Waals surface area (Å²) in [4.78, 5) is 37.0. The number of hydrogen-bond acceptors (Lipinski definition) is 5. The average molecular weight is 383 g/mol. The monoisotopic (exact) mass is 383 g/mol. The van der Waals surface area contributed by atoms with Crippen LogP contribution in [0.4, 0.5) is 5.69 Å². The van der Waals surface area contributed by atoms with E-state index in [0.29, 0.717) is 6.42 Å². The van der Waals surface area contributed by atoms with Crippen molar-refractivity contribution in [2.45, 2.75) is 19.8 Å². The molecule has 9 heteroatoms. The van der Waals surface area contributed by atoms with E-state index in [2.05, 4.69) is 16.8 Å². The molecule has 1 fully saturated rings.